The lowest BCUT2D eigenvalue weighted by molar-refractivity contribution is -0.126. The quantitative estimate of drug-likeness (QED) is 0.0916. The van der Waals surface area contributed by atoms with Crippen LogP contribution < -0.4 is 9.80 Å². The molecule has 8 heteroatoms. The van der Waals surface area contributed by atoms with Gasteiger partial charge in [-0.1, -0.05) is 97.1 Å². The van der Waals surface area contributed by atoms with Gasteiger partial charge in [-0.2, -0.15) is 0 Å². The van der Waals surface area contributed by atoms with E-state index in [0.717, 1.165) is 39.7 Å². The van der Waals surface area contributed by atoms with Crippen molar-refractivity contribution in [3.05, 3.63) is 228 Å². The minimum absolute atomic E-state index is 0.127. The molecular weight excluding hydrogens is 749 g/mol. The Hall–Kier alpha value is -7.81. The predicted molar refractivity (Wildman–Crippen MR) is 236 cm³/mol. The second kappa shape index (κ2) is 15.9. The number of carbonyl (C=O) groups excluding carboxylic acids is 1. The van der Waals surface area contributed by atoms with Crippen molar-refractivity contribution in [3.8, 4) is 22.6 Å². The number of phenols is 2. The van der Waals surface area contributed by atoms with Gasteiger partial charge in [0.2, 0.25) is 0 Å². The summed E-state index contributed by atoms with van der Waals surface area (Å²) in [5, 5.41) is 56.2. The lowest BCUT2D eigenvalue weighted by atomic mass is 9.68. The van der Waals surface area contributed by atoms with Crippen LogP contribution in [-0.4, -0.2) is 37.4 Å². The molecule has 294 valence electrons. The third-order valence-corrected chi connectivity index (χ3v) is 11.1. The largest absolute Gasteiger partial charge is 0.507 e. The summed E-state index contributed by atoms with van der Waals surface area (Å²) in [5.41, 5.74) is 7.26. The van der Waals surface area contributed by atoms with E-state index < -0.39 is 23.7 Å². The van der Waals surface area contributed by atoms with Gasteiger partial charge in [-0.05, 0) is 114 Å². The van der Waals surface area contributed by atoms with Crippen molar-refractivity contribution in [1.82, 2.24) is 0 Å². The smallest absolute Gasteiger partial charge is 0.173 e. The molecule has 2 aliphatic rings. The first-order valence-electron chi connectivity index (χ1n) is 19.6. The van der Waals surface area contributed by atoms with E-state index in [0.29, 0.717) is 11.1 Å². The number of benzene rings is 7. The van der Waals surface area contributed by atoms with Crippen molar-refractivity contribution >= 4 is 39.9 Å². The number of hydrogen-bond acceptors (Lipinski definition) is 8. The average Bonchev–Trinajstić information content (AvgIpc) is 3.28. The van der Waals surface area contributed by atoms with Gasteiger partial charge < -0.3 is 35.3 Å². The van der Waals surface area contributed by atoms with Crippen LogP contribution in [-0.2, 0) is 4.79 Å². The van der Waals surface area contributed by atoms with Gasteiger partial charge in [-0.3, -0.25) is 4.79 Å². The van der Waals surface area contributed by atoms with Gasteiger partial charge in [-0.15, -0.1) is 0 Å². The number of para-hydroxylation sites is 4. The van der Waals surface area contributed by atoms with Crippen LogP contribution >= 0.6 is 0 Å². The molecule has 7 aromatic rings. The van der Waals surface area contributed by atoms with E-state index in [9.17, 15) is 30.3 Å². The topological polar surface area (TPSA) is 125 Å². The number of aliphatic hydroxyl groups is 3. The van der Waals surface area contributed by atoms with Gasteiger partial charge in [-0.25, -0.2) is 0 Å². The highest BCUT2D eigenvalue weighted by molar-refractivity contribution is 6.11. The van der Waals surface area contributed by atoms with Gasteiger partial charge >= 0.3 is 0 Å². The van der Waals surface area contributed by atoms with Crippen LogP contribution in [0.1, 0.15) is 23.0 Å². The second-order valence-electron chi connectivity index (χ2n) is 14.8. The molecule has 2 aliphatic carbocycles. The Kier molecular flexibility index (Phi) is 9.97. The standard InChI is InChI=1S/C52H40N2O6/c55-43-29-35(33-21-25-41(26-22-33)53(37-13-5-1-6-14-37)38-15-7-2-8-16-38)30-44(56)47(43)49-51(59)50(52(49)60)48-45(57)31-36(32-46(48)58)34-23-27-42(28-24-34)54(39-17-9-3-10-18-39)40-19-11-4-12-20-40/h1-32,35,50-51,55-59H. The van der Waals surface area contributed by atoms with Gasteiger partial charge in [0.15, 0.2) is 5.78 Å². The molecule has 1 fully saturated rings. The van der Waals surface area contributed by atoms with Crippen molar-refractivity contribution in [2.45, 2.75) is 17.9 Å². The van der Waals surface area contributed by atoms with Crippen LogP contribution in [0.3, 0.4) is 0 Å². The fourth-order valence-electron chi connectivity index (χ4n) is 8.20. The van der Waals surface area contributed by atoms with Crippen molar-refractivity contribution in [2.75, 3.05) is 9.80 Å². The maximum atomic E-state index is 13.7. The fourth-order valence-corrected chi connectivity index (χ4v) is 8.20. The molecule has 2 unspecified atom stereocenters. The highest BCUT2D eigenvalue weighted by Crippen LogP contribution is 2.50. The normalized spacial score (nSPS) is 17.4. The Balaban J connectivity index is 0.942. The molecule has 7 aromatic carbocycles. The average molecular weight is 789 g/mol. The maximum Gasteiger partial charge on any atom is 0.173 e. The summed E-state index contributed by atoms with van der Waals surface area (Å²) in [7, 11) is 0. The summed E-state index contributed by atoms with van der Waals surface area (Å²) >= 11 is 0. The summed E-state index contributed by atoms with van der Waals surface area (Å²) in [4.78, 5) is 18.0. The van der Waals surface area contributed by atoms with Gasteiger partial charge in [0, 0.05) is 51.2 Å². The molecule has 0 saturated heterocycles. The molecule has 1 saturated carbocycles. The van der Waals surface area contributed by atoms with E-state index >= 15 is 0 Å². The van der Waals surface area contributed by atoms with Crippen molar-refractivity contribution in [2.24, 2.45) is 0 Å². The minimum Gasteiger partial charge on any atom is -0.507 e. The summed E-state index contributed by atoms with van der Waals surface area (Å²) < 4.78 is 0. The molecule has 0 heterocycles. The van der Waals surface area contributed by atoms with E-state index in [-0.39, 0.29) is 39.7 Å². The van der Waals surface area contributed by atoms with Crippen LogP contribution in [0.25, 0.3) is 11.1 Å². The summed E-state index contributed by atoms with van der Waals surface area (Å²) in [6.45, 7) is 0. The second-order valence-corrected chi connectivity index (χ2v) is 14.8. The molecule has 5 N–H and O–H groups in total. The van der Waals surface area contributed by atoms with Crippen LogP contribution in [0.2, 0.25) is 0 Å². The van der Waals surface area contributed by atoms with Gasteiger partial charge in [0.1, 0.15) is 23.0 Å². The number of allylic oxidation sites excluding steroid dienone is 2. The molecule has 9 rings (SSSR count). The van der Waals surface area contributed by atoms with E-state index in [2.05, 4.69) is 9.80 Å². The van der Waals surface area contributed by atoms with Crippen LogP contribution in [0.4, 0.5) is 34.1 Å². The number of anilines is 6. The number of hydrogen-bond donors (Lipinski definition) is 5. The first-order chi connectivity index (χ1) is 29.3. The van der Waals surface area contributed by atoms with E-state index in [1.165, 1.54) is 24.3 Å². The number of rotatable bonds is 9. The fraction of sp³-hybridized carbons (Fsp3) is 0.0577. The Morgan fingerprint density at radius 3 is 1.18 bits per heavy atom. The molecular formula is C52H40N2O6. The summed E-state index contributed by atoms with van der Waals surface area (Å²) in [6.07, 6.45) is 1.52. The molecule has 0 aliphatic heterocycles. The first-order valence-corrected chi connectivity index (χ1v) is 19.6. The zero-order valence-electron chi connectivity index (χ0n) is 32.2. The predicted octanol–water partition coefficient (Wildman–Crippen LogP) is 11.7. The van der Waals surface area contributed by atoms with E-state index in [1.54, 1.807) is 0 Å². The number of nitrogens with zero attached hydrogens (tertiary/aromatic N) is 2. The van der Waals surface area contributed by atoms with E-state index in [4.69, 9.17) is 0 Å². The lowest BCUT2D eigenvalue weighted by Gasteiger charge is -2.37. The first kappa shape index (κ1) is 37.7. The monoisotopic (exact) mass is 788 g/mol. The highest BCUT2D eigenvalue weighted by atomic mass is 16.3. The van der Waals surface area contributed by atoms with Crippen LogP contribution in [0.5, 0.6) is 11.5 Å². The van der Waals surface area contributed by atoms with Crippen molar-refractivity contribution in [3.63, 3.8) is 0 Å². The summed E-state index contributed by atoms with van der Waals surface area (Å²) in [5.74, 6) is -3.91. The Labute approximate surface area is 347 Å². The molecule has 0 bridgehead atoms. The Morgan fingerprint density at radius 2 is 0.800 bits per heavy atom. The molecule has 0 aromatic heterocycles. The maximum absolute atomic E-state index is 13.7. The SMILES string of the molecule is O=C1C(=C2C(O)=CC(c3ccc(N(c4ccccc4)c4ccccc4)cc3)C=C2O)C(O)C1c1c(O)cc(-c2ccc(N(c3ccccc3)c3ccccc3)cc2)cc1O. The number of Topliss-reactive ketones (excluding diaryl/α,β-unsaturated/α-hetero) is 1. The van der Waals surface area contributed by atoms with Crippen molar-refractivity contribution in [1.29, 1.82) is 0 Å². The van der Waals surface area contributed by atoms with E-state index in [1.807, 2.05) is 170 Å². The minimum atomic E-state index is -1.51. The number of aliphatic hydroxyl groups excluding tert-OH is 3. The number of carbonyl (C=O) groups is 1. The molecule has 0 radical (unpaired) electrons. The zero-order chi connectivity index (χ0) is 41.3. The Morgan fingerprint density at radius 1 is 0.433 bits per heavy atom. The van der Waals surface area contributed by atoms with Gasteiger partial charge in [0.05, 0.1) is 17.6 Å². The number of phenolic OH excluding ortho intramolecular Hbond substituents is 2. The number of ketones is 1. The lowest BCUT2D eigenvalue weighted by Crippen LogP contribution is -2.44. The van der Waals surface area contributed by atoms with Crippen molar-refractivity contribution < 1.29 is 30.3 Å². The third-order valence-electron chi connectivity index (χ3n) is 11.1. The summed E-state index contributed by atoms with van der Waals surface area (Å²) in [6, 6.07) is 58.3. The molecule has 8 nitrogen and oxygen atoms in total. The Bertz CT molecular complexity index is 2640. The van der Waals surface area contributed by atoms with Crippen LogP contribution in [0.15, 0.2) is 217 Å². The molecule has 60 heavy (non-hydrogen) atoms. The number of aromatic hydroxyl groups is 2. The van der Waals surface area contributed by atoms with Gasteiger partial charge in [0.25, 0.3) is 0 Å². The molecule has 0 amide bonds. The highest BCUT2D eigenvalue weighted by Gasteiger charge is 2.50. The molecule has 2 atom stereocenters. The molecule has 0 spiro atoms. The van der Waals surface area contributed by atoms with Crippen LogP contribution in [0, 0.1) is 0 Å². The zero-order valence-corrected chi connectivity index (χ0v) is 32.2. The third kappa shape index (κ3) is 6.95.